The minimum absolute atomic E-state index is 0.972. The maximum atomic E-state index is 4.01. The molecule has 1 heteroatoms. The lowest BCUT2D eigenvalue weighted by atomic mass is 10.6. The van der Waals surface area contributed by atoms with Crippen molar-refractivity contribution in [3.8, 4) is 0 Å². The Morgan fingerprint density at radius 1 is 2.00 bits per heavy atom. The lowest BCUT2D eigenvalue weighted by molar-refractivity contribution is 1.50. The lowest BCUT2D eigenvalue weighted by Crippen LogP contribution is -1.56. The van der Waals surface area contributed by atoms with E-state index in [1.807, 2.05) is 0 Å². The summed E-state index contributed by atoms with van der Waals surface area (Å²) < 4.78 is 0. The van der Waals surface area contributed by atoms with E-state index >= 15 is 0 Å². The average molecular weight is 86.2 g/mol. The molecule has 0 bridgehead atoms. The van der Waals surface area contributed by atoms with Crippen LogP contribution in [0.2, 0.25) is 0 Å². The minimum atomic E-state index is 0.972. The van der Waals surface area contributed by atoms with Crippen molar-refractivity contribution in [1.82, 2.24) is 0 Å². The second-order valence-corrected chi connectivity index (χ2v) is 1.54. The molecule has 1 aliphatic carbocycles. The van der Waals surface area contributed by atoms with Crippen molar-refractivity contribution in [2.75, 3.05) is 5.75 Å². The van der Waals surface area contributed by atoms with Gasteiger partial charge < -0.3 is 0 Å². The van der Waals surface area contributed by atoms with Gasteiger partial charge in [0.05, 0.1) is 0 Å². The molecule has 0 fully saturated rings. The number of rotatable bonds is 1. The zero-order chi connectivity index (χ0) is 3.70. The quantitative estimate of drug-likeness (QED) is 0.360. The van der Waals surface area contributed by atoms with Crippen LogP contribution >= 0.6 is 12.6 Å². The Morgan fingerprint density at radius 3 is 2.60 bits per heavy atom. The molecule has 1 rings (SSSR count). The molecule has 0 aliphatic heterocycles. The van der Waals surface area contributed by atoms with Gasteiger partial charge in [0.25, 0.3) is 0 Å². The van der Waals surface area contributed by atoms with Gasteiger partial charge >= 0.3 is 0 Å². The van der Waals surface area contributed by atoms with Crippen LogP contribution < -0.4 is 0 Å². The van der Waals surface area contributed by atoms with E-state index in [0.717, 1.165) is 5.75 Å². The van der Waals surface area contributed by atoms with Crippen LogP contribution in [0.15, 0.2) is 11.6 Å². The van der Waals surface area contributed by atoms with Crippen molar-refractivity contribution < 1.29 is 0 Å². The minimum Gasteiger partial charge on any atom is -0.175 e. The smallest absolute Gasteiger partial charge is 0.0116 e. The molecule has 0 spiro atoms. The van der Waals surface area contributed by atoms with E-state index in [1.54, 1.807) is 0 Å². The van der Waals surface area contributed by atoms with Crippen molar-refractivity contribution in [3.63, 3.8) is 0 Å². The van der Waals surface area contributed by atoms with E-state index in [0.29, 0.717) is 0 Å². The van der Waals surface area contributed by atoms with Crippen molar-refractivity contribution >= 4 is 12.6 Å². The highest BCUT2D eigenvalue weighted by Gasteiger charge is 2.00. The normalized spacial score (nSPS) is 18.2. The third-order valence-corrected chi connectivity index (χ3v) is 1.10. The summed E-state index contributed by atoms with van der Waals surface area (Å²) in [7, 11) is 0. The average Bonchev–Trinajstić information content (AvgIpc) is 2.12. The van der Waals surface area contributed by atoms with E-state index in [1.165, 1.54) is 12.0 Å². The zero-order valence-corrected chi connectivity index (χ0v) is 3.83. The van der Waals surface area contributed by atoms with Crippen LogP contribution in [-0.4, -0.2) is 5.75 Å². The third-order valence-electron chi connectivity index (χ3n) is 0.696. The van der Waals surface area contributed by atoms with Crippen LogP contribution in [0, 0.1) is 0 Å². The van der Waals surface area contributed by atoms with E-state index in [2.05, 4.69) is 18.7 Å². The standard InChI is InChI=1S/C4H6S/c5-3-4-1-2-4/h1,5H,2-3H2. The van der Waals surface area contributed by atoms with Crippen molar-refractivity contribution in [2.24, 2.45) is 0 Å². The van der Waals surface area contributed by atoms with Gasteiger partial charge in [0, 0.05) is 5.75 Å². The van der Waals surface area contributed by atoms with Crippen molar-refractivity contribution in [3.05, 3.63) is 11.6 Å². The largest absolute Gasteiger partial charge is 0.175 e. The Hall–Kier alpha value is 0.0900. The highest BCUT2D eigenvalue weighted by Crippen LogP contribution is 2.17. The van der Waals surface area contributed by atoms with Gasteiger partial charge in [0.2, 0.25) is 0 Å². The first-order valence-electron chi connectivity index (χ1n) is 1.72. The van der Waals surface area contributed by atoms with E-state index in [-0.39, 0.29) is 0 Å². The maximum Gasteiger partial charge on any atom is 0.0116 e. The Bertz CT molecular complexity index is 64.0. The summed E-state index contributed by atoms with van der Waals surface area (Å²) in [6.07, 6.45) is 3.41. The molecule has 0 aromatic rings. The number of hydrogen-bond donors (Lipinski definition) is 1. The van der Waals surface area contributed by atoms with E-state index in [9.17, 15) is 0 Å². The molecule has 5 heavy (non-hydrogen) atoms. The summed E-state index contributed by atoms with van der Waals surface area (Å²) in [6, 6.07) is 0. The molecule has 0 atom stereocenters. The summed E-state index contributed by atoms with van der Waals surface area (Å²) in [5.74, 6) is 0.972. The highest BCUT2D eigenvalue weighted by atomic mass is 32.1. The second-order valence-electron chi connectivity index (χ2n) is 1.22. The van der Waals surface area contributed by atoms with Gasteiger partial charge in [-0.15, -0.1) is 0 Å². The Kier molecular flexibility index (Phi) is 0.692. The van der Waals surface area contributed by atoms with Gasteiger partial charge in [-0.1, -0.05) is 11.6 Å². The maximum absolute atomic E-state index is 4.01. The molecule has 0 heterocycles. The van der Waals surface area contributed by atoms with Gasteiger partial charge in [0.15, 0.2) is 0 Å². The van der Waals surface area contributed by atoms with Gasteiger partial charge in [-0.3, -0.25) is 0 Å². The predicted molar refractivity (Wildman–Crippen MR) is 26.6 cm³/mol. The summed E-state index contributed by atoms with van der Waals surface area (Å²) in [5, 5.41) is 0. The summed E-state index contributed by atoms with van der Waals surface area (Å²) in [5.41, 5.74) is 1.49. The Labute approximate surface area is 37.3 Å². The summed E-state index contributed by atoms with van der Waals surface area (Å²) >= 11 is 4.01. The van der Waals surface area contributed by atoms with E-state index < -0.39 is 0 Å². The molecule has 0 amide bonds. The fourth-order valence-electron chi connectivity index (χ4n) is 0.201. The molecule has 0 N–H and O–H groups in total. The molecular weight excluding hydrogens is 80.1 g/mol. The van der Waals surface area contributed by atoms with Gasteiger partial charge in [-0.05, 0) is 6.42 Å². The zero-order valence-electron chi connectivity index (χ0n) is 2.94. The molecule has 0 radical (unpaired) electrons. The monoisotopic (exact) mass is 86.0 g/mol. The fraction of sp³-hybridized carbons (Fsp3) is 0.500. The summed E-state index contributed by atoms with van der Waals surface area (Å²) in [4.78, 5) is 0. The lowest BCUT2D eigenvalue weighted by Gasteiger charge is -1.67. The molecule has 0 saturated carbocycles. The third kappa shape index (κ3) is 0.690. The summed E-state index contributed by atoms with van der Waals surface area (Å²) in [6.45, 7) is 0. The molecule has 0 aromatic carbocycles. The molecule has 28 valence electrons. The predicted octanol–water partition coefficient (Wildman–Crippen LogP) is 1.25. The Balaban J connectivity index is 2.22. The number of hydrogen-bond acceptors (Lipinski definition) is 1. The highest BCUT2D eigenvalue weighted by molar-refractivity contribution is 7.80. The van der Waals surface area contributed by atoms with Gasteiger partial charge in [-0.2, -0.15) is 12.6 Å². The van der Waals surface area contributed by atoms with Gasteiger partial charge in [-0.25, -0.2) is 0 Å². The molecule has 0 unspecified atom stereocenters. The Morgan fingerprint density at radius 2 is 2.60 bits per heavy atom. The first kappa shape index (κ1) is 3.29. The molecule has 1 aliphatic rings. The molecule has 0 aromatic heterocycles. The van der Waals surface area contributed by atoms with Crippen LogP contribution in [0.4, 0.5) is 0 Å². The van der Waals surface area contributed by atoms with Crippen molar-refractivity contribution in [1.29, 1.82) is 0 Å². The van der Waals surface area contributed by atoms with Crippen LogP contribution in [0.1, 0.15) is 6.42 Å². The van der Waals surface area contributed by atoms with Crippen molar-refractivity contribution in [2.45, 2.75) is 6.42 Å². The first-order chi connectivity index (χ1) is 2.43. The fourth-order valence-corrected chi connectivity index (χ4v) is 0.459. The molecule has 0 nitrogen and oxygen atoms in total. The topological polar surface area (TPSA) is 0 Å². The van der Waals surface area contributed by atoms with Gasteiger partial charge in [0.1, 0.15) is 0 Å². The second kappa shape index (κ2) is 1.05. The number of allylic oxidation sites excluding steroid dienone is 1. The SMILES string of the molecule is SCC1=CC1. The molecular formula is C4H6S. The van der Waals surface area contributed by atoms with Crippen LogP contribution in [0.25, 0.3) is 0 Å². The van der Waals surface area contributed by atoms with Crippen LogP contribution in [0.5, 0.6) is 0 Å². The number of thiol groups is 1. The van der Waals surface area contributed by atoms with Crippen LogP contribution in [0.3, 0.4) is 0 Å². The first-order valence-corrected chi connectivity index (χ1v) is 2.35. The van der Waals surface area contributed by atoms with Crippen LogP contribution in [-0.2, 0) is 0 Å². The van der Waals surface area contributed by atoms with E-state index in [4.69, 9.17) is 0 Å². The molecule has 0 saturated heterocycles.